The highest BCUT2D eigenvalue weighted by molar-refractivity contribution is 6.08. The lowest BCUT2D eigenvalue weighted by atomic mass is 10.0. The van der Waals surface area contributed by atoms with Gasteiger partial charge in [-0.05, 0) is 49.6 Å². The Morgan fingerprint density at radius 2 is 1.65 bits per heavy atom. The molecule has 20 heavy (non-hydrogen) atoms. The predicted molar refractivity (Wildman–Crippen MR) is 82.1 cm³/mol. The Bertz CT molecular complexity index is 665. The molecule has 2 aromatic carbocycles. The molecule has 0 aromatic heterocycles. The van der Waals surface area contributed by atoms with Gasteiger partial charge in [0, 0.05) is 0 Å². The van der Waals surface area contributed by atoms with E-state index in [0.29, 0.717) is 5.56 Å². The number of benzene rings is 2. The lowest BCUT2D eigenvalue weighted by Crippen LogP contribution is -1.97. The van der Waals surface area contributed by atoms with Crippen LogP contribution < -0.4 is 0 Å². The van der Waals surface area contributed by atoms with Crippen LogP contribution in [-0.4, -0.2) is 10.9 Å². The summed E-state index contributed by atoms with van der Waals surface area (Å²) < 4.78 is 0. The number of ketones is 1. The van der Waals surface area contributed by atoms with E-state index in [1.807, 2.05) is 44.2 Å². The summed E-state index contributed by atoms with van der Waals surface area (Å²) in [5.74, 6) is -0.121. The van der Waals surface area contributed by atoms with Gasteiger partial charge < -0.3 is 5.11 Å². The van der Waals surface area contributed by atoms with Gasteiger partial charge in [0.1, 0.15) is 5.75 Å². The molecule has 2 nitrogen and oxygen atoms in total. The van der Waals surface area contributed by atoms with Crippen LogP contribution in [0, 0.1) is 20.8 Å². The van der Waals surface area contributed by atoms with Crippen LogP contribution in [0.4, 0.5) is 0 Å². The second-order valence-electron chi connectivity index (χ2n) is 5.09. The Hall–Kier alpha value is -2.35. The van der Waals surface area contributed by atoms with Crippen molar-refractivity contribution in [1.29, 1.82) is 0 Å². The zero-order chi connectivity index (χ0) is 14.7. The second-order valence-corrected chi connectivity index (χ2v) is 5.09. The quantitative estimate of drug-likeness (QED) is 0.667. The van der Waals surface area contributed by atoms with Gasteiger partial charge in [0.2, 0.25) is 0 Å². The standard InChI is InChI=1S/C18H18O2/c1-12-4-6-15(7-5-12)8-9-17(19)16-11-13(2)10-14(3)18(16)20/h4-11,20H,1-3H3/b9-8+. The van der Waals surface area contributed by atoms with Crippen molar-refractivity contribution in [2.24, 2.45) is 0 Å². The molecule has 2 aromatic rings. The molecule has 0 saturated heterocycles. The SMILES string of the molecule is Cc1ccc(/C=C/C(=O)c2cc(C)cc(C)c2O)cc1. The highest BCUT2D eigenvalue weighted by Crippen LogP contribution is 2.24. The smallest absolute Gasteiger partial charge is 0.189 e. The van der Waals surface area contributed by atoms with Gasteiger partial charge in [-0.2, -0.15) is 0 Å². The van der Waals surface area contributed by atoms with Crippen molar-refractivity contribution in [1.82, 2.24) is 0 Å². The monoisotopic (exact) mass is 266 g/mol. The number of aryl methyl sites for hydroxylation is 3. The van der Waals surface area contributed by atoms with Crippen molar-refractivity contribution < 1.29 is 9.90 Å². The third-order valence-electron chi connectivity index (χ3n) is 3.21. The number of carbonyl (C=O) groups is 1. The number of phenolic OH excluding ortho intramolecular Hbond substituents is 1. The summed E-state index contributed by atoms with van der Waals surface area (Å²) in [6.45, 7) is 5.72. The van der Waals surface area contributed by atoms with Crippen molar-refractivity contribution in [2.75, 3.05) is 0 Å². The minimum Gasteiger partial charge on any atom is -0.507 e. The summed E-state index contributed by atoms with van der Waals surface area (Å²) in [6.07, 6.45) is 3.26. The van der Waals surface area contributed by atoms with E-state index in [2.05, 4.69) is 0 Å². The fourth-order valence-corrected chi connectivity index (χ4v) is 2.09. The summed E-state index contributed by atoms with van der Waals surface area (Å²) in [7, 11) is 0. The largest absolute Gasteiger partial charge is 0.507 e. The number of rotatable bonds is 3. The van der Waals surface area contributed by atoms with Crippen LogP contribution in [0.2, 0.25) is 0 Å². The van der Waals surface area contributed by atoms with Crippen LogP contribution >= 0.6 is 0 Å². The molecule has 1 N–H and O–H groups in total. The van der Waals surface area contributed by atoms with E-state index in [1.54, 1.807) is 19.1 Å². The van der Waals surface area contributed by atoms with Gasteiger partial charge in [-0.25, -0.2) is 0 Å². The molecule has 0 bridgehead atoms. The maximum absolute atomic E-state index is 12.2. The van der Waals surface area contributed by atoms with Gasteiger partial charge in [-0.3, -0.25) is 4.79 Å². The molecule has 0 atom stereocenters. The first-order valence-electron chi connectivity index (χ1n) is 6.56. The maximum Gasteiger partial charge on any atom is 0.189 e. The Balaban J connectivity index is 2.26. The first-order chi connectivity index (χ1) is 9.47. The van der Waals surface area contributed by atoms with Crippen molar-refractivity contribution in [3.63, 3.8) is 0 Å². The van der Waals surface area contributed by atoms with Crippen LogP contribution in [0.25, 0.3) is 6.08 Å². The van der Waals surface area contributed by atoms with Crippen LogP contribution in [-0.2, 0) is 0 Å². The summed E-state index contributed by atoms with van der Waals surface area (Å²) in [6, 6.07) is 11.5. The normalized spacial score (nSPS) is 10.9. The van der Waals surface area contributed by atoms with E-state index in [0.717, 1.165) is 16.7 Å². The van der Waals surface area contributed by atoms with Crippen molar-refractivity contribution in [3.8, 4) is 5.75 Å². The molecule has 0 amide bonds. The predicted octanol–water partition coefficient (Wildman–Crippen LogP) is 4.21. The lowest BCUT2D eigenvalue weighted by Gasteiger charge is -2.06. The van der Waals surface area contributed by atoms with Gasteiger partial charge in [0.25, 0.3) is 0 Å². The van der Waals surface area contributed by atoms with Gasteiger partial charge in [0.05, 0.1) is 5.56 Å². The van der Waals surface area contributed by atoms with Crippen LogP contribution in [0.3, 0.4) is 0 Å². The van der Waals surface area contributed by atoms with Gasteiger partial charge >= 0.3 is 0 Å². The third-order valence-corrected chi connectivity index (χ3v) is 3.21. The molecule has 0 spiro atoms. The van der Waals surface area contributed by atoms with E-state index in [-0.39, 0.29) is 11.5 Å². The summed E-state index contributed by atoms with van der Waals surface area (Å²) >= 11 is 0. The van der Waals surface area contributed by atoms with E-state index in [1.165, 1.54) is 11.6 Å². The van der Waals surface area contributed by atoms with E-state index in [4.69, 9.17) is 0 Å². The number of hydrogen-bond donors (Lipinski definition) is 1. The molecule has 0 aliphatic rings. The maximum atomic E-state index is 12.2. The summed E-state index contributed by atoms with van der Waals surface area (Å²) in [5.41, 5.74) is 4.18. The van der Waals surface area contributed by atoms with Crippen molar-refractivity contribution in [3.05, 3.63) is 70.3 Å². The van der Waals surface area contributed by atoms with Gasteiger partial charge in [0.15, 0.2) is 5.78 Å². The fraction of sp³-hybridized carbons (Fsp3) is 0.167. The Labute approximate surface area is 119 Å². The van der Waals surface area contributed by atoms with Gasteiger partial charge in [-0.15, -0.1) is 0 Å². The second kappa shape index (κ2) is 5.74. The highest BCUT2D eigenvalue weighted by atomic mass is 16.3. The number of phenols is 1. The number of hydrogen-bond acceptors (Lipinski definition) is 2. The van der Waals surface area contributed by atoms with E-state index >= 15 is 0 Å². The Morgan fingerprint density at radius 1 is 1.00 bits per heavy atom. The Kier molecular flexibility index (Phi) is 4.04. The highest BCUT2D eigenvalue weighted by Gasteiger charge is 2.11. The molecule has 0 aliphatic carbocycles. The number of allylic oxidation sites excluding steroid dienone is 1. The first kappa shape index (κ1) is 14.1. The molecular formula is C18H18O2. The minimum atomic E-state index is -0.185. The van der Waals surface area contributed by atoms with Crippen molar-refractivity contribution in [2.45, 2.75) is 20.8 Å². The molecule has 0 fully saturated rings. The minimum absolute atomic E-state index is 0.0640. The van der Waals surface area contributed by atoms with E-state index in [9.17, 15) is 9.90 Å². The molecule has 2 rings (SSSR count). The average molecular weight is 266 g/mol. The molecule has 0 aliphatic heterocycles. The van der Waals surface area contributed by atoms with Crippen molar-refractivity contribution >= 4 is 11.9 Å². The zero-order valence-electron chi connectivity index (χ0n) is 12.0. The lowest BCUT2D eigenvalue weighted by molar-refractivity contribution is 0.104. The molecular weight excluding hydrogens is 248 g/mol. The molecule has 0 radical (unpaired) electrons. The summed E-state index contributed by atoms with van der Waals surface area (Å²) in [4.78, 5) is 12.2. The molecule has 0 saturated carbocycles. The van der Waals surface area contributed by atoms with Gasteiger partial charge in [-0.1, -0.05) is 42.0 Å². The molecule has 2 heteroatoms. The van der Waals surface area contributed by atoms with E-state index < -0.39 is 0 Å². The zero-order valence-corrected chi connectivity index (χ0v) is 12.0. The Morgan fingerprint density at radius 3 is 2.30 bits per heavy atom. The molecule has 102 valence electrons. The average Bonchev–Trinajstić information content (AvgIpc) is 2.42. The van der Waals surface area contributed by atoms with Crippen LogP contribution in [0.5, 0.6) is 5.75 Å². The first-order valence-corrected chi connectivity index (χ1v) is 6.56. The number of aromatic hydroxyl groups is 1. The third kappa shape index (κ3) is 3.15. The fourth-order valence-electron chi connectivity index (χ4n) is 2.09. The molecule has 0 unspecified atom stereocenters. The molecule has 0 heterocycles. The topological polar surface area (TPSA) is 37.3 Å². The van der Waals surface area contributed by atoms with Crippen LogP contribution in [0.15, 0.2) is 42.5 Å². The van der Waals surface area contributed by atoms with Crippen LogP contribution in [0.1, 0.15) is 32.6 Å². The number of carbonyl (C=O) groups excluding carboxylic acids is 1. The summed E-state index contributed by atoms with van der Waals surface area (Å²) in [5, 5.41) is 9.97.